The molecule has 6 heteroatoms. The maximum absolute atomic E-state index is 9.45. The summed E-state index contributed by atoms with van der Waals surface area (Å²) in [6, 6.07) is 15.1. The van der Waals surface area contributed by atoms with Gasteiger partial charge in [0.1, 0.15) is 6.07 Å². The molecule has 4 heterocycles. The lowest BCUT2D eigenvalue weighted by Gasteiger charge is -2.39. The molecule has 1 saturated heterocycles. The van der Waals surface area contributed by atoms with Gasteiger partial charge in [0.25, 0.3) is 0 Å². The Morgan fingerprint density at radius 1 is 1.23 bits per heavy atom. The molecule has 1 fully saturated rings. The monoisotopic (exact) mass is 412 g/mol. The summed E-state index contributed by atoms with van der Waals surface area (Å²) in [4.78, 5) is 11.8. The summed E-state index contributed by atoms with van der Waals surface area (Å²) in [6.45, 7) is 7.00. The molecule has 0 radical (unpaired) electrons. The first-order valence-electron chi connectivity index (χ1n) is 11.2. The number of nitrogens with zero attached hydrogens (tertiary/aromatic N) is 4. The van der Waals surface area contributed by atoms with Gasteiger partial charge in [-0.05, 0) is 48.2 Å². The Kier molecular flexibility index (Phi) is 5.54. The van der Waals surface area contributed by atoms with E-state index in [1.807, 2.05) is 12.1 Å². The number of hydrogen-bond acceptors (Lipinski definition) is 6. The van der Waals surface area contributed by atoms with E-state index in [0.29, 0.717) is 17.5 Å². The summed E-state index contributed by atoms with van der Waals surface area (Å²) in [7, 11) is 0. The number of benzene rings is 1. The van der Waals surface area contributed by atoms with Crippen molar-refractivity contribution in [3.8, 4) is 6.07 Å². The maximum Gasteiger partial charge on any atom is 0.101 e. The number of anilines is 1. The molecule has 2 aliphatic heterocycles. The van der Waals surface area contributed by atoms with Crippen LogP contribution in [-0.2, 0) is 19.5 Å². The van der Waals surface area contributed by atoms with Gasteiger partial charge in [-0.3, -0.25) is 9.97 Å². The van der Waals surface area contributed by atoms with E-state index in [1.165, 1.54) is 16.9 Å². The van der Waals surface area contributed by atoms with Crippen LogP contribution < -0.4 is 15.5 Å². The van der Waals surface area contributed by atoms with E-state index in [2.05, 4.69) is 57.8 Å². The van der Waals surface area contributed by atoms with Gasteiger partial charge in [-0.2, -0.15) is 5.26 Å². The number of rotatable bonds is 4. The second kappa shape index (κ2) is 8.62. The van der Waals surface area contributed by atoms with Gasteiger partial charge >= 0.3 is 0 Å². The largest absolute Gasteiger partial charge is 0.369 e. The Hall–Kier alpha value is -3.01. The van der Waals surface area contributed by atoms with Crippen LogP contribution in [0.4, 0.5) is 5.69 Å². The number of nitriles is 1. The lowest BCUT2D eigenvalue weighted by Crippen LogP contribution is -2.48. The lowest BCUT2D eigenvalue weighted by molar-refractivity contribution is 0.349. The summed E-state index contributed by atoms with van der Waals surface area (Å²) >= 11 is 0. The zero-order valence-corrected chi connectivity index (χ0v) is 17.9. The molecule has 2 atom stereocenters. The van der Waals surface area contributed by atoms with E-state index in [-0.39, 0.29) is 0 Å². The van der Waals surface area contributed by atoms with Crippen LogP contribution in [-0.4, -0.2) is 35.6 Å². The van der Waals surface area contributed by atoms with Crippen molar-refractivity contribution in [2.75, 3.05) is 24.5 Å². The van der Waals surface area contributed by atoms with Crippen molar-refractivity contribution in [1.82, 2.24) is 20.6 Å². The van der Waals surface area contributed by atoms with Crippen LogP contribution in [0.1, 0.15) is 35.9 Å². The third-order valence-electron chi connectivity index (χ3n) is 6.42. The molecule has 0 amide bonds. The zero-order valence-electron chi connectivity index (χ0n) is 17.9. The molecule has 3 aromatic rings. The van der Waals surface area contributed by atoms with Gasteiger partial charge in [-0.1, -0.05) is 13.0 Å². The maximum atomic E-state index is 9.45. The molecule has 158 valence electrons. The lowest BCUT2D eigenvalue weighted by atomic mass is 9.94. The number of piperidine rings is 1. The van der Waals surface area contributed by atoms with E-state index >= 15 is 0 Å². The molecule has 2 aliphatic rings. The minimum absolute atomic E-state index is 0.394. The molecule has 2 N–H and O–H groups in total. The highest BCUT2D eigenvalue weighted by Gasteiger charge is 2.26. The van der Waals surface area contributed by atoms with Crippen LogP contribution in [0.15, 0.2) is 42.6 Å². The van der Waals surface area contributed by atoms with Crippen molar-refractivity contribution in [3.63, 3.8) is 0 Å². The van der Waals surface area contributed by atoms with Crippen molar-refractivity contribution < 1.29 is 0 Å². The first-order valence-corrected chi connectivity index (χ1v) is 11.2. The number of pyridine rings is 2. The first-order chi connectivity index (χ1) is 15.2. The Morgan fingerprint density at radius 2 is 2.16 bits per heavy atom. The topological polar surface area (TPSA) is 76.9 Å². The summed E-state index contributed by atoms with van der Waals surface area (Å²) in [5.74, 6) is 0.580. The van der Waals surface area contributed by atoms with E-state index < -0.39 is 0 Å². The molecule has 0 spiro atoms. The summed E-state index contributed by atoms with van der Waals surface area (Å²) in [6.07, 6.45) is 3.92. The SMILES string of the molecule is CC1CC(NCc2ccc3c(n2)CCNC3)CN(c2ccc(C#N)c3ncccc23)C1. The first kappa shape index (κ1) is 19.9. The van der Waals surface area contributed by atoms with E-state index in [1.54, 1.807) is 6.20 Å². The van der Waals surface area contributed by atoms with Crippen molar-refractivity contribution in [3.05, 3.63) is 65.1 Å². The third-order valence-corrected chi connectivity index (χ3v) is 6.42. The van der Waals surface area contributed by atoms with Crippen LogP contribution >= 0.6 is 0 Å². The predicted molar refractivity (Wildman–Crippen MR) is 123 cm³/mol. The molecule has 31 heavy (non-hydrogen) atoms. The molecular formula is C25H28N6. The average molecular weight is 413 g/mol. The minimum Gasteiger partial charge on any atom is -0.369 e. The number of nitrogens with one attached hydrogen (secondary N) is 2. The third kappa shape index (κ3) is 4.12. The number of aromatic nitrogens is 2. The minimum atomic E-state index is 0.394. The molecule has 5 rings (SSSR count). The number of hydrogen-bond donors (Lipinski definition) is 2. The predicted octanol–water partition coefficient (Wildman–Crippen LogP) is 3.15. The van der Waals surface area contributed by atoms with Crippen molar-refractivity contribution in [1.29, 1.82) is 5.26 Å². The summed E-state index contributed by atoms with van der Waals surface area (Å²) in [5.41, 5.74) is 6.28. The van der Waals surface area contributed by atoms with E-state index in [9.17, 15) is 5.26 Å². The molecular weight excluding hydrogens is 384 g/mol. The molecule has 0 saturated carbocycles. The van der Waals surface area contributed by atoms with Gasteiger partial charge in [0.2, 0.25) is 0 Å². The molecule has 0 bridgehead atoms. The Labute approximate surface area is 183 Å². The quantitative estimate of drug-likeness (QED) is 0.686. The second-order valence-corrected chi connectivity index (χ2v) is 8.80. The standard InChI is InChI=1S/C25H28N6/c1-17-11-21(29-14-20-6-4-19-13-27-10-8-23(19)30-20)16-31(15-17)24-7-5-18(12-26)25-22(24)3-2-9-28-25/h2-7,9,17,21,27,29H,8,10-11,13-16H2,1H3. The van der Waals surface area contributed by atoms with Crippen molar-refractivity contribution >= 4 is 16.6 Å². The molecule has 2 unspecified atom stereocenters. The second-order valence-electron chi connectivity index (χ2n) is 8.80. The van der Waals surface area contributed by atoms with Crippen LogP contribution in [0.25, 0.3) is 10.9 Å². The Morgan fingerprint density at radius 3 is 3.06 bits per heavy atom. The zero-order chi connectivity index (χ0) is 21.2. The fourth-order valence-corrected chi connectivity index (χ4v) is 4.95. The molecule has 6 nitrogen and oxygen atoms in total. The van der Waals surface area contributed by atoms with Gasteiger partial charge in [0.15, 0.2) is 0 Å². The van der Waals surface area contributed by atoms with Gasteiger partial charge in [0, 0.05) is 68.2 Å². The van der Waals surface area contributed by atoms with Crippen molar-refractivity contribution in [2.45, 2.75) is 38.9 Å². The smallest absolute Gasteiger partial charge is 0.101 e. The van der Waals surface area contributed by atoms with Crippen molar-refractivity contribution in [2.24, 2.45) is 5.92 Å². The Bertz CT molecular complexity index is 1130. The Balaban J connectivity index is 1.33. The summed E-state index contributed by atoms with van der Waals surface area (Å²) < 4.78 is 0. The van der Waals surface area contributed by atoms with Crippen LogP contribution in [0.2, 0.25) is 0 Å². The van der Waals surface area contributed by atoms with Crippen LogP contribution in [0.3, 0.4) is 0 Å². The molecule has 0 aliphatic carbocycles. The average Bonchev–Trinajstić information content (AvgIpc) is 2.81. The fraction of sp³-hybridized carbons (Fsp3) is 0.400. The summed E-state index contributed by atoms with van der Waals surface area (Å²) in [5, 5.41) is 17.7. The van der Waals surface area contributed by atoms with Crippen LogP contribution in [0, 0.1) is 17.2 Å². The van der Waals surface area contributed by atoms with Gasteiger partial charge in [-0.25, -0.2) is 0 Å². The van der Waals surface area contributed by atoms with E-state index in [4.69, 9.17) is 4.98 Å². The normalized spacial score (nSPS) is 21.0. The highest BCUT2D eigenvalue weighted by atomic mass is 15.2. The van der Waals surface area contributed by atoms with Crippen LogP contribution in [0.5, 0.6) is 0 Å². The van der Waals surface area contributed by atoms with Gasteiger partial charge < -0.3 is 15.5 Å². The molecule has 1 aromatic carbocycles. The van der Waals surface area contributed by atoms with E-state index in [0.717, 1.165) is 62.2 Å². The highest BCUT2D eigenvalue weighted by molar-refractivity contribution is 5.95. The van der Waals surface area contributed by atoms with Gasteiger partial charge in [-0.15, -0.1) is 0 Å². The van der Waals surface area contributed by atoms with Gasteiger partial charge in [0.05, 0.1) is 16.8 Å². The highest BCUT2D eigenvalue weighted by Crippen LogP contribution is 2.31. The number of fused-ring (bicyclic) bond motifs is 2. The molecule has 2 aromatic heterocycles. The fourth-order valence-electron chi connectivity index (χ4n) is 4.95.